The van der Waals surface area contributed by atoms with E-state index in [0.29, 0.717) is 24.3 Å². The van der Waals surface area contributed by atoms with Crippen molar-refractivity contribution in [3.05, 3.63) is 29.6 Å². The summed E-state index contributed by atoms with van der Waals surface area (Å²) in [4.78, 5) is 11.9. The van der Waals surface area contributed by atoms with Gasteiger partial charge in [-0.2, -0.15) is 0 Å². The van der Waals surface area contributed by atoms with Crippen LogP contribution in [-0.2, 0) is 9.53 Å². The second-order valence-corrected chi connectivity index (χ2v) is 5.40. The summed E-state index contributed by atoms with van der Waals surface area (Å²) >= 11 is 0. The van der Waals surface area contributed by atoms with E-state index in [0.717, 1.165) is 0 Å². The van der Waals surface area contributed by atoms with Crippen molar-refractivity contribution in [2.75, 3.05) is 13.7 Å². The van der Waals surface area contributed by atoms with Gasteiger partial charge in [0.1, 0.15) is 17.1 Å². The Balaban J connectivity index is 2.75. The number of methoxy groups -OCH3 is 1. The Morgan fingerprint density at radius 2 is 2.14 bits per heavy atom. The molecule has 21 heavy (non-hydrogen) atoms. The number of esters is 1. The molecule has 1 aromatic rings. The third-order valence-electron chi connectivity index (χ3n) is 3.38. The van der Waals surface area contributed by atoms with Crippen LogP contribution in [0.4, 0.5) is 4.39 Å². The Bertz CT molecular complexity index is 492. The van der Waals surface area contributed by atoms with Gasteiger partial charge in [-0.15, -0.1) is 0 Å². The highest BCUT2D eigenvalue weighted by Gasteiger charge is 2.35. The van der Waals surface area contributed by atoms with E-state index >= 15 is 0 Å². The SMILES string of the molecule is CCNC(C)(CC(C)Oc1ccc(C)c(F)c1)C(=O)OC. The van der Waals surface area contributed by atoms with Crippen LogP contribution in [0.1, 0.15) is 32.8 Å². The van der Waals surface area contributed by atoms with Crippen LogP contribution in [0.5, 0.6) is 5.75 Å². The lowest BCUT2D eigenvalue weighted by Gasteiger charge is -2.30. The molecule has 1 N–H and O–H groups in total. The van der Waals surface area contributed by atoms with Crippen molar-refractivity contribution in [1.82, 2.24) is 5.32 Å². The number of carbonyl (C=O) groups excluding carboxylic acids is 1. The van der Waals surface area contributed by atoms with E-state index in [9.17, 15) is 9.18 Å². The summed E-state index contributed by atoms with van der Waals surface area (Å²) < 4.78 is 24.0. The number of hydrogen-bond acceptors (Lipinski definition) is 4. The molecule has 1 rings (SSSR count). The zero-order chi connectivity index (χ0) is 16.0. The number of halogens is 1. The van der Waals surface area contributed by atoms with Crippen LogP contribution in [0.15, 0.2) is 18.2 Å². The predicted molar refractivity (Wildman–Crippen MR) is 79.9 cm³/mol. The topological polar surface area (TPSA) is 47.6 Å². The Hall–Kier alpha value is -1.62. The number of aryl methyl sites for hydroxylation is 1. The molecule has 2 atom stereocenters. The highest BCUT2D eigenvalue weighted by molar-refractivity contribution is 5.80. The third kappa shape index (κ3) is 4.70. The first kappa shape index (κ1) is 17.4. The molecule has 0 aliphatic carbocycles. The van der Waals surface area contributed by atoms with Crippen LogP contribution in [0.25, 0.3) is 0 Å². The molecule has 0 aromatic heterocycles. The van der Waals surface area contributed by atoms with E-state index in [1.165, 1.54) is 13.2 Å². The van der Waals surface area contributed by atoms with Crippen LogP contribution < -0.4 is 10.1 Å². The summed E-state index contributed by atoms with van der Waals surface area (Å²) in [5.74, 6) is -0.189. The lowest BCUT2D eigenvalue weighted by Crippen LogP contribution is -2.52. The van der Waals surface area contributed by atoms with Gasteiger partial charge in [-0.1, -0.05) is 13.0 Å². The summed E-state index contributed by atoms with van der Waals surface area (Å²) in [5.41, 5.74) is -0.256. The smallest absolute Gasteiger partial charge is 0.325 e. The standard InChI is InChI=1S/C16H24FNO3/c1-6-18-16(4,15(19)20-5)10-12(3)21-13-8-7-11(2)14(17)9-13/h7-9,12,18H,6,10H2,1-5H3. The second-order valence-electron chi connectivity index (χ2n) is 5.40. The summed E-state index contributed by atoms with van der Waals surface area (Å²) in [6, 6.07) is 4.74. The molecular formula is C16H24FNO3. The molecule has 4 nitrogen and oxygen atoms in total. The first-order chi connectivity index (χ1) is 9.82. The molecule has 0 saturated carbocycles. The lowest BCUT2D eigenvalue weighted by molar-refractivity contribution is -0.149. The average molecular weight is 297 g/mol. The summed E-state index contributed by atoms with van der Waals surface area (Å²) in [7, 11) is 1.36. The molecule has 0 spiro atoms. The lowest BCUT2D eigenvalue weighted by atomic mass is 9.94. The van der Waals surface area contributed by atoms with Gasteiger partial charge in [-0.3, -0.25) is 4.79 Å². The largest absolute Gasteiger partial charge is 0.491 e. The molecule has 118 valence electrons. The average Bonchev–Trinajstić information content (AvgIpc) is 2.42. The first-order valence-corrected chi connectivity index (χ1v) is 7.08. The van der Waals surface area contributed by atoms with E-state index in [-0.39, 0.29) is 17.9 Å². The van der Waals surface area contributed by atoms with Gasteiger partial charge in [-0.25, -0.2) is 4.39 Å². The van der Waals surface area contributed by atoms with Gasteiger partial charge in [0, 0.05) is 12.5 Å². The van der Waals surface area contributed by atoms with Gasteiger partial charge in [0.05, 0.1) is 13.2 Å². The molecule has 0 saturated heterocycles. The minimum Gasteiger partial charge on any atom is -0.491 e. The quantitative estimate of drug-likeness (QED) is 0.786. The number of likely N-dealkylation sites (N-methyl/N-ethyl adjacent to an activating group) is 1. The molecule has 0 heterocycles. The maximum atomic E-state index is 13.5. The van der Waals surface area contributed by atoms with Gasteiger partial charge >= 0.3 is 5.97 Å². The van der Waals surface area contributed by atoms with E-state index in [2.05, 4.69) is 5.32 Å². The van der Waals surface area contributed by atoms with Crippen LogP contribution in [0.2, 0.25) is 0 Å². The zero-order valence-electron chi connectivity index (χ0n) is 13.3. The highest BCUT2D eigenvalue weighted by Crippen LogP contribution is 2.21. The molecule has 0 amide bonds. The minimum atomic E-state index is -0.827. The van der Waals surface area contributed by atoms with Crippen molar-refractivity contribution < 1.29 is 18.7 Å². The summed E-state index contributed by atoms with van der Waals surface area (Å²) in [5, 5.41) is 3.12. The molecule has 5 heteroatoms. The molecular weight excluding hydrogens is 273 g/mol. The highest BCUT2D eigenvalue weighted by atomic mass is 19.1. The fourth-order valence-corrected chi connectivity index (χ4v) is 2.34. The number of hydrogen-bond donors (Lipinski definition) is 1. The molecule has 2 unspecified atom stereocenters. The molecule has 0 bridgehead atoms. The van der Waals surface area contributed by atoms with E-state index in [1.54, 1.807) is 26.0 Å². The Morgan fingerprint density at radius 1 is 1.48 bits per heavy atom. The monoisotopic (exact) mass is 297 g/mol. The summed E-state index contributed by atoms with van der Waals surface area (Å²) in [6.07, 6.45) is 0.151. The van der Waals surface area contributed by atoms with Crippen molar-refractivity contribution in [1.29, 1.82) is 0 Å². The predicted octanol–water partition coefficient (Wildman–Crippen LogP) is 2.83. The van der Waals surface area contributed by atoms with Gasteiger partial charge in [0.2, 0.25) is 0 Å². The number of ether oxygens (including phenoxy) is 2. The van der Waals surface area contributed by atoms with Gasteiger partial charge in [-0.05, 0) is 38.9 Å². The fourth-order valence-electron chi connectivity index (χ4n) is 2.34. The van der Waals surface area contributed by atoms with Crippen LogP contribution in [0, 0.1) is 12.7 Å². The number of benzene rings is 1. The molecule has 0 aliphatic rings. The summed E-state index contributed by atoms with van der Waals surface area (Å²) in [6.45, 7) is 7.87. The molecule has 0 aliphatic heterocycles. The number of carbonyl (C=O) groups is 1. The normalized spacial score (nSPS) is 15.1. The first-order valence-electron chi connectivity index (χ1n) is 7.08. The van der Waals surface area contributed by atoms with Gasteiger partial charge in [0.25, 0.3) is 0 Å². The maximum absolute atomic E-state index is 13.5. The molecule has 0 radical (unpaired) electrons. The van der Waals surface area contributed by atoms with Crippen molar-refractivity contribution in [2.24, 2.45) is 0 Å². The van der Waals surface area contributed by atoms with Crippen LogP contribution >= 0.6 is 0 Å². The molecule has 1 aromatic carbocycles. The number of nitrogens with one attached hydrogen (secondary N) is 1. The van der Waals surface area contributed by atoms with Gasteiger partial charge < -0.3 is 14.8 Å². The van der Waals surface area contributed by atoms with Crippen molar-refractivity contribution in [3.63, 3.8) is 0 Å². The Kier molecular flexibility index (Phi) is 6.15. The second kappa shape index (κ2) is 7.41. The maximum Gasteiger partial charge on any atom is 0.325 e. The van der Waals surface area contributed by atoms with Crippen molar-refractivity contribution in [2.45, 2.75) is 45.8 Å². The van der Waals surface area contributed by atoms with Crippen molar-refractivity contribution in [3.8, 4) is 5.75 Å². The zero-order valence-corrected chi connectivity index (χ0v) is 13.3. The third-order valence-corrected chi connectivity index (χ3v) is 3.38. The van der Waals surface area contributed by atoms with E-state index < -0.39 is 5.54 Å². The Morgan fingerprint density at radius 3 is 2.67 bits per heavy atom. The molecule has 0 fully saturated rings. The minimum absolute atomic E-state index is 0.268. The Labute approximate surface area is 125 Å². The fraction of sp³-hybridized carbons (Fsp3) is 0.562. The van der Waals surface area contributed by atoms with Crippen molar-refractivity contribution >= 4 is 5.97 Å². The number of rotatable bonds is 7. The van der Waals surface area contributed by atoms with E-state index in [4.69, 9.17) is 9.47 Å². The van der Waals surface area contributed by atoms with Crippen LogP contribution in [0.3, 0.4) is 0 Å². The van der Waals surface area contributed by atoms with E-state index in [1.807, 2.05) is 13.8 Å². The van der Waals surface area contributed by atoms with Crippen LogP contribution in [-0.4, -0.2) is 31.3 Å². The van der Waals surface area contributed by atoms with Gasteiger partial charge in [0.15, 0.2) is 0 Å².